The van der Waals surface area contributed by atoms with Crippen molar-refractivity contribution >= 4 is 46.9 Å². The maximum Gasteiger partial charge on any atom is 0.387 e. The second-order valence-electron chi connectivity index (χ2n) is 11.4. The third-order valence-corrected chi connectivity index (χ3v) is 8.45. The van der Waals surface area contributed by atoms with Crippen LogP contribution in [0.2, 0.25) is 5.02 Å². The first-order valence-electron chi connectivity index (χ1n) is 14.5. The van der Waals surface area contributed by atoms with E-state index in [1.807, 2.05) is 0 Å². The second kappa shape index (κ2) is 13.3. The molecule has 2 aromatic rings. The van der Waals surface area contributed by atoms with Crippen LogP contribution in [0.25, 0.3) is 0 Å². The quantitative estimate of drug-likeness (QED) is 0.371. The van der Waals surface area contributed by atoms with Crippen LogP contribution >= 0.6 is 11.6 Å². The highest BCUT2D eigenvalue weighted by molar-refractivity contribution is 6.40. The van der Waals surface area contributed by atoms with Crippen molar-refractivity contribution in [3.63, 3.8) is 0 Å². The Labute approximate surface area is 266 Å². The van der Waals surface area contributed by atoms with Crippen LogP contribution in [-0.4, -0.2) is 102 Å². The van der Waals surface area contributed by atoms with Crippen molar-refractivity contribution in [2.24, 2.45) is 9.98 Å². The summed E-state index contributed by atoms with van der Waals surface area (Å²) in [5.74, 6) is -5.37. The summed E-state index contributed by atoms with van der Waals surface area (Å²) in [6, 6.07) is 6.07. The number of benzene rings is 2. The fourth-order valence-corrected chi connectivity index (χ4v) is 5.70. The molecule has 16 heteroatoms. The van der Waals surface area contributed by atoms with Gasteiger partial charge in [0, 0.05) is 37.4 Å². The number of alkyl halides is 2. The van der Waals surface area contributed by atoms with E-state index in [9.17, 15) is 37.1 Å². The number of carbonyl (C=O) groups is 3. The number of aliphatic hydroxyl groups is 1. The smallest absolute Gasteiger partial charge is 0.387 e. The molecule has 2 aromatic carbocycles. The molecule has 5 rings (SSSR count). The van der Waals surface area contributed by atoms with E-state index in [-0.39, 0.29) is 53.3 Å². The van der Waals surface area contributed by atoms with Gasteiger partial charge in [0.2, 0.25) is 17.4 Å². The van der Waals surface area contributed by atoms with Crippen molar-refractivity contribution < 1.29 is 41.8 Å². The van der Waals surface area contributed by atoms with Crippen LogP contribution in [-0.2, 0) is 9.59 Å². The molecule has 0 aromatic heterocycles. The number of hydrogen-bond donors (Lipinski definition) is 3. The van der Waals surface area contributed by atoms with Crippen LogP contribution in [0.15, 0.2) is 40.3 Å². The normalized spacial score (nSPS) is 20.9. The van der Waals surface area contributed by atoms with E-state index >= 15 is 0 Å². The molecule has 3 aliphatic heterocycles. The lowest BCUT2D eigenvalue weighted by Gasteiger charge is -2.38. The Morgan fingerprint density at radius 1 is 1.07 bits per heavy atom. The van der Waals surface area contributed by atoms with Gasteiger partial charge in [0.25, 0.3) is 11.8 Å². The zero-order valence-corrected chi connectivity index (χ0v) is 25.4. The van der Waals surface area contributed by atoms with Gasteiger partial charge in [0.1, 0.15) is 0 Å². The fraction of sp³-hybridized carbons (Fsp3) is 0.433. The van der Waals surface area contributed by atoms with Crippen molar-refractivity contribution in [3.05, 3.63) is 58.1 Å². The molecule has 3 amide bonds. The number of hydrogen-bond acceptors (Lipinski definition) is 8. The number of amides is 3. The van der Waals surface area contributed by atoms with E-state index in [1.165, 1.54) is 25.1 Å². The van der Waals surface area contributed by atoms with Gasteiger partial charge in [-0.15, -0.1) is 0 Å². The minimum Gasteiger partial charge on any atom is -0.432 e. The molecule has 46 heavy (non-hydrogen) atoms. The summed E-state index contributed by atoms with van der Waals surface area (Å²) in [6.45, 7) is 0.474. The highest BCUT2D eigenvalue weighted by Crippen LogP contribution is 2.29. The highest BCUT2D eigenvalue weighted by Gasteiger charge is 2.37. The zero-order chi connectivity index (χ0) is 33.2. The predicted molar refractivity (Wildman–Crippen MR) is 161 cm³/mol. The Balaban J connectivity index is 1.19. The number of halogens is 5. The third kappa shape index (κ3) is 7.16. The SMILES string of the molecule is CC1(C(=O)Nc2ccc(C(=O)N3CCN(C(=O)CC4(O)CCNCC4)CC3)c(Cl)c2)N=CC(c2ccc(OC(F)F)c(F)c2F)=N1. The first-order valence-corrected chi connectivity index (χ1v) is 14.9. The van der Waals surface area contributed by atoms with E-state index < -0.39 is 46.7 Å². The first kappa shape index (κ1) is 33.3. The largest absolute Gasteiger partial charge is 0.432 e. The molecule has 0 bridgehead atoms. The minimum absolute atomic E-state index is 0.0418. The molecule has 1 atom stereocenters. The van der Waals surface area contributed by atoms with Gasteiger partial charge in [-0.25, -0.2) is 9.38 Å². The standard InChI is InChI=1S/C30H31ClF4N6O5/c1-29(37-16-21(39-29)19-4-5-22(46-28(34)35)25(33)24(19)32)27(44)38-17-2-3-18(20(31)14-17)26(43)41-12-10-40(11-13-41)23(42)15-30(45)6-8-36-9-7-30/h2-5,14,16,28,36,45H,6-13,15H2,1H3,(H,38,44). The van der Waals surface area contributed by atoms with Crippen LogP contribution in [0.5, 0.6) is 5.75 Å². The Hall–Kier alpha value is -4.08. The van der Waals surface area contributed by atoms with Gasteiger partial charge in [-0.3, -0.25) is 19.4 Å². The molecule has 0 radical (unpaired) electrons. The molecule has 0 saturated carbocycles. The van der Waals surface area contributed by atoms with E-state index in [2.05, 4.69) is 25.4 Å². The first-order chi connectivity index (χ1) is 21.8. The summed E-state index contributed by atoms with van der Waals surface area (Å²) in [5, 5.41) is 16.5. The van der Waals surface area contributed by atoms with Crippen LogP contribution in [0.1, 0.15) is 42.1 Å². The van der Waals surface area contributed by atoms with E-state index in [0.717, 1.165) is 18.3 Å². The Kier molecular flexibility index (Phi) is 9.65. The van der Waals surface area contributed by atoms with Crippen molar-refractivity contribution in [1.82, 2.24) is 15.1 Å². The molecular formula is C30H31ClF4N6O5. The number of carbonyl (C=O) groups excluding carboxylic acids is 3. The number of nitrogens with zero attached hydrogens (tertiary/aromatic N) is 4. The van der Waals surface area contributed by atoms with Crippen LogP contribution in [0.3, 0.4) is 0 Å². The summed E-state index contributed by atoms with van der Waals surface area (Å²) in [5.41, 5.74) is -3.00. The molecule has 3 aliphatic rings. The van der Waals surface area contributed by atoms with Crippen molar-refractivity contribution in [2.75, 3.05) is 44.6 Å². The van der Waals surface area contributed by atoms with Gasteiger partial charge in [-0.05, 0) is 63.2 Å². The number of anilines is 1. The van der Waals surface area contributed by atoms with Crippen molar-refractivity contribution in [3.8, 4) is 5.75 Å². The monoisotopic (exact) mass is 666 g/mol. The number of piperazine rings is 1. The summed E-state index contributed by atoms with van der Waals surface area (Å²) in [7, 11) is 0. The summed E-state index contributed by atoms with van der Waals surface area (Å²) in [4.78, 5) is 50.4. The summed E-state index contributed by atoms with van der Waals surface area (Å²) in [6.07, 6.45) is 2.11. The number of nitrogens with one attached hydrogen (secondary N) is 2. The van der Waals surface area contributed by atoms with E-state index in [1.54, 1.807) is 9.80 Å². The van der Waals surface area contributed by atoms with Crippen LogP contribution in [0.4, 0.5) is 23.2 Å². The van der Waals surface area contributed by atoms with E-state index in [0.29, 0.717) is 39.0 Å². The predicted octanol–water partition coefficient (Wildman–Crippen LogP) is 3.24. The molecule has 246 valence electrons. The van der Waals surface area contributed by atoms with Gasteiger partial charge in [-0.1, -0.05) is 11.6 Å². The van der Waals surface area contributed by atoms with Crippen LogP contribution < -0.4 is 15.4 Å². The van der Waals surface area contributed by atoms with Gasteiger partial charge in [0.15, 0.2) is 11.6 Å². The molecule has 0 aliphatic carbocycles. The van der Waals surface area contributed by atoms with Gasteiger partial charge < -0.3 is 30.3 Å². The number of rotatable bonds is 8. The van der Waals surface area contributed by atoms with Crippen LogP contribution in [0, 0.1) is 11.6 Å². The lowest BCUT2D eigenvalue weighted by atomic mass is 9.88. The topological polar surface area (TPSA) is 136 Å². The maximum absolute atomic E-state index is 14.6. The molecule has 3 heterocycles. The molecule has 1 unspecified atom stereocenters. The van der Waals surface area contributed by atoms with Crippen molar-refractivity contribution in [1.29, 1.82) is 0 Å². The minimum atomic E-state index is -3.35. The second-order valence-corrected chi connectivity index (χ2v) is 11.8. The summed E-state index contributed by atoms with van der Waals surface area (Å²) >= 11 is 6.42. The Bertz CT molecular complexity index is 1590. The molecule has 2 fully saturated rings. The maximum atomic E-state index is 14.6. The van der Waals surface area contributed by atoms with Gasteiger partial charge >= 0.3 is 6.61 Å². The van der Waals surface area contributed by atoms with Crippen molar-refractivity contribution in [2.45, 2.75) is 44.1 Å². The fourth-order valence-electron chi connectivity index (χ4n) is 5.44. The lowest BCUT2D eigenvalue weighted by Crippen LogP contribution is -2.53. The molecule has 2 saturated heterocycles. The molecule has 11 nitrogen and oxygen atoms in total. The molecular weight excluding hydrogens is 636 g/mol. The third-order valence-electron chi connectivity index (χ3n) is 8.14. The number of ether oxygens (including phenoxy) is 1. The van der Waals surface area contributed by atoms with E-state index in [4.69, 9.17) is 11.6 Å². The lowest BCUT2D eigenvalue weighted by molar-refractivity contribution is -0.139. The number of aliphatic imine (C=N–C) groups is 2. The Morgan fingerprint density at radius 2 is 1.74 bits per heavy atom. The highest BCUT2D eigenvalue weighted by atomic mass is 35.5. The van der Waals surface area contributed by atoms with Gasteiger partial charge in [0.05, 0.1) is 34.5 Å². The summed E-state index contributed by atoms with van der Waals surface area (Å²) < 4.78 is 57.6. The average molecular weight is 667 g/mol. The average Bonchev–Trinajstić information content (AvgIpc) is 3.42. The molecule has 0 spiro atoms. The zero-order valence-electron chi connectivity index (χ0n) is 24.7. The Morgan fingerprint density at radius 3 is 2.39 bits per heavy atom. The van der Waals surface area contributed by atoms with Gasteiger partial charge in [-0.2, -0.15) is 13.2 Å². The molecule has 3 N–H and O–H groups in total. The number of piperidine rings is 1.